The summed E-state index contributed by atoms with van der Waals surface area (Å²) in [5.41, 5.74) is 2.96. The smallest absolute Gasteiger partial charge is 0.131 e. The molecular formula is C32H35O5P. The first-order valence-corrected chi connectivity index (χ1v) is 13.7. The van der Waals surface area contributed by atoms with Gasteiger partial charge in [0.25, 0.3) is 0 Å². The number of methoxy groups -OCH3 is 4. The normalized spacial score (nSPS) is 11.4. The molecule has 0 fully saturated rings. The molecule has 0 atom stereocenters. The number of hydrogen-bond donors (Lipinski definition) is 1. The van der Waals surface area contributed by atoms with Crippen molar-refractivity contribution in [3.8, 4) is 39.9 Å². The molecule has 0 aliphatic carbocycles. The van der Waals surface area contributed by atoms with Gasteiger partial charge in [0, 0.05) is 18.8 Å². The lowest BCUT2D eigenvalue weighted by molar-refractivity contribution is 0.399. The van der Waals surface area contributed by atoms with Crippen molar-refractivity contribution in [3.63, 3.8) is 0 Å². The molecule has 0 aliphatic heterocycles. The second-order valence-electron chi connectivity index (χ2n) is 9.86. The standard InChI is InChI=1S/C32H35O5P/c1-32(2,3)22-19-17-21(18-20-22)23-11-8-16-28(29(23)33)38(30-24(34-4)12-9-13-25(30)35-5)31-26(36-6)14-10-15-27(31)37-7/h8-20,33H,1-7H3. The van der Waals surface area contributed by atoms with Crippen LogP contribution in [0.2, 0.25) is 0 Å². The zero-order chi connectivity index (χ0) is 27.4. The van der Waals surface area contributed by atoms with Crippen molar-refractivity contribution in [1.82, 2.24) is 0 Å². The zero-order valence-corrected chi connectivity index (χ0v) is 23.9. The van der Waals surface area contributed by atoms with Gasteiger partial charge >= 0.3 is 0 Å². The Morgan fingerprint density at radius 1 is 0.579 bits per heavy atom. The highest BCUT2D eigenvalue weighted by Gasteiger charge is 2.32. The first-order valence-electron chi connectivity index (χ1n) is 12.4. The van der Waals surface area contributed by atoms with Crippen LogP contribution in [0.4, 0.5) is 0 Å². The quantitative estimate of drug-likeness (QED) is 0.277. The van der Waals surface area contributed by atoms with Gasteiger partial charge in [-0.25, -0.2) is 0 Å². The Balaban J connectivity index is 2.03. The van der Waals surface area contributed by atoms with Crippen LogP contribution in [0.1, 0.15) is 26.3 Å². The highest BCUT2D eigenvalue weighted by Crippen LogP contribution is 2.48. The molecule has 0 saturated carbocycles. The summed E-state index contributed by atoms with van der Waals surface area (Å²) >= 11 is 0. The van der Waals surface area contributed by atoms with Gasteiger partial charge in [0.05, 0.1) is 39.0 Å². The fourth-order valence-corrected chi connectivity index (χ4v) is 7.37. The van der Waals surface area contributed by atoms with E-state index in [2.05, 4.69) is 45.0 Å². The highest BCUT2D eigenvalue weighted by molar-refractivity contribution is 7.80. The maximum absolute atomic E-state index is 11.9. The van der Waals surface area contributed by atoms with E-state index in [1.807, 2.05) is 54.6 Å². The predicted octanol–water partition coefficient (Wildman–Crippen LogP) is 6.15. The van der Waals surface area contributed by atoms with Gasteiger partial charge in [0.1, 0.15) is 28.7 Å². The summed E-state index contributed by atoms with van der Waals surface area (Å²) in [7, 11) is 5.09. The van der Waals surface area contributed by atoms with Gasteiger partial charge in [-0.05, 0) is 40.8 Å². The molecule has 6 heteroatoms. The molecule has 0 amide bonds. The highest BCUT2D eigenvalue weighted by atomic mass is 31.1. The van der Waals surface area contributed by atoms with Crippen molar-refractivity contribution in [1.29, 1.82) is 0 Å². The van der Waals surface area contributed by atoms with Gasteiger partial charge in [-0.15, -0.1) is 0 Å². The van der Waals surface area contributed by atoms with Crippen molar-refractivity contribution in [2.45, 2.75) is 26.2 Å². The van der Waals surface area contributed by atoms with Crippen LogP contribution < -0.4 is 34.9 Å². The number of hydrogen-bond acceptors (Lipinski definition) is 5. The third-order valence-corrected chi connectivity index (χ3v) is 9.19. The first kappa shape index (κ1) is 27.3. The van der Waals surface area contributed by atoms with Crippen LogP contribution in [0.3, 0.4) is 0 Å². The summed E-state index contributed by atoms with van der Waals surface area (Å²) in [4.78, 5) is 0. The Hall–Kier alpha value is -3.69. The fraction of sp³-hybridized carbons (Fsp3) is 0.250. The summed E-state index contributed by atoms with van der Waals surface area (Å²) in [5, 5.41) is 14.3. The third-order valence-electron chi connectivity index (χ3n) is 6.57. The zero-order valence-electron chi connectivity index (χ0n) is 23.0. The molecule has 0 bridgehead atoms. The van der Waals surface area contributed by atoms with Crippen molar-refractivity contribution in [2.75, 3.05) is 28.4 Å². The molecule has 0 unspecified atom stereocenters. The lowest BCUT2D eigenvalue weighted by Crippen LogP contribution is -2.26. The van der Waals surface area contributed by atoms with Crippen molar-refractivity contribution in [2.24, 2.45) is 0 Å². The average Bonchev–Trinajstić information content (AvgIpc) is 2.93. The molecule has 1 N–H and O–H groups in total. The SMILES string of the molecule is COc1cccc(OC)c1P(c1cccc(-c2ccc(C(C)(C)C)cc2)c1O)c1c(OC)cccc1OC. The van der Waals surface area contributed by atoms with Crippen LogP contribution in [-0.2, 0) is 5.41 Å². The van der Waals surface area contributed by atoms with E-state index in [-0.39, 0.29) is 11.2 Å². The van der Waals surface area contributed by atoms with Gasteiger partial charge < -0.3 is 24.1 Å². The van der Waals surface area contributed by atoms with Crippen molar-refractivity contribution < 1.29 is 24.1 Å². The molecule has 0 radical (unpaired) electrons. The molecule has 0 heterocycles. The maximum Gasteiger partial charge on any atom is 0.131 e. The first-order chi connectivity index (χ1) is 18.2. The van der Waals surface area contributed by atoms with E-state index in [9.17, 15) is 5.11 Å². The largest absolute Gasteiger partial charge is 0.507 e. The Kier molecular flexibility index (Phi) is 8.18. The number of aromatic hydroxyl groups is 1. The van der Waals surface area contributed by atoms with E-state index < -0.39 is 7.92 Å². The molecule has 5 nitrogen and oxygen atoms in total. The molecule has 38 heavy (non-hydrogen) atoms. The molecule has 0 saturated heterocycles. The number of para-hydroxylation sites is 1. The van der Waals surface area contributed by atoms with Crippen LogP contribution in [0, 0.1) is 0 Å². The molecule has 4 rings (SSSR count). The summed E-state index contributed by atoms with van der Waals surface area (Å²) in [6.07, 6.45) is 0. The van der Waals surface area contributed by atoms with Gasteiger partial charge in [-0.3, -0.25) is 0 Å². The molecule has 0 aromatic heterocycles. The van der Waals surface area contributed by atoms with Gasteiger partial charge in [0.15, 0.2) is 0 Å². The third kappa shape index (κ3) is 5.16. The van der Waals surface area contributed by atoms with Crippen LogP contribution in [0.25, 0.3) is 11.1 Å². The number of phenols is 1. The van der Waals surface area contributed by atoms with E-state index >= 15 is 0 Å². The Morgan fingerprint density at radius 2 is 1.00 bits per heavy atom. The van der Waals surface area contributed by atoms with Crippen molar-refractivity contribution >= 4 is 23.8 Å². The summed E-state index contributed by atoms with van der Waals surface area (Å²) in [6.45, 7) is 6.57. The Labute approximate surface area is 226 Å². The second-order valence-corrected chi connectivity index (χ2v) is 11.9. The monoisotopic (exact) mass is 530 g/mol. The second kappa shape index (κ2) is 11.4. The fourth-order valence-electron chi connectivity index (χ4n) is 4.55. The molecule has 0 spiro atoms. The minimum Gasteiger partial charge on any atom is -0.507 e. The van der Waals surface area contributed by atoms with Gasteiger partial charge in [-0.1, -0.05) is 75.4 Å². The molecule has 4 aromatic carbocycles. The number of phenolic OH excluding ortho intramolecular Hbond substituents is 1. The lowest BCUT2D eigenvalue weighted by atomic mass is 9.86. The maximum atomic E-state index is 11.9. The Morgan fingerprint density at radius 3 is 1.39 bits per heavy atom. The van der Waals surface area contributed by atoms with Gasteiger partial charge in [-0.2, -0.15) is 0 Å². The number of benzene rings is 4. The average molecular weight is 531 g/mol. The van der Waals surface area contributed by atoms with E-state index in [4.69, 9.17) is 18.9 Å². The van der Waals surface area contributed by atoms with Crippen molar-refractivity contribution in [3.05, 3.63) is 84.4 Å². The predicted molar refractivity (Wildman–Crippen MR) is 157 cm³/mol. The van der Waals surface area contributed by atoms with Gasteiger partial charge in [0.2, 0.25) is 0 Å². The summed E-state index contributed by atoms with van der Waals surface area (Å²) < 4.78 is 23.3. The van der Waals surface area contributed by atoms with Crippen LogP contribution >= 0.6 is 7.92 Å². The van der Waals surface area contributed by atoms with Crippen LogP contribution in [0.15, 0.2) is 78.9 Å². The molecule has 4 aromatic rings. The van der Waals surface area contributed by atoms with E-state index in [0.29, 0.717) is 23.0 Å². The topological polar surface area (TPSA) is 57.2 Å². The van der Waals surface area contributed by atoms with Crippen LogP contribution in [-0.4, -0.2) is 33.5 Å². The summed E-state index contributed by atoms with van der Waals surface area (Å²) in [5.74, 6) is 2.82. The van der Waals surface area contributed by atoms with E-state index in [1.54, 1.807) is 28.4 Å². The molecule has 0 aliphatic rings. The van der Waals surface area contributed by atoms with Crippen LogP contribution in [0.5, 0.6) is 28.7 Å². The minimum absolute atomic E-state index is 0.0393. The number of rotatable bonds is 8. The van der Waals surface area contributed by atoms with E-state index in [0.717, 1.165) is 27.0 Å². The summed E-state index contributed by atoms with van der Waals surface area (Å²) in [6, 6.07) is 25.6. The minimum atomic E-state index is -1.45. The molecule has 198 valence electrons. The lowest BCUT2D eigenvalue weighted by Gasteiger charge is -2.27. The Bertz CT molecular complexity index is 1310. The molecular weight excluding hydrogens is 495 g/mol. The van der Waals surface area contributed by atoms with E-state index in [1.165, 1.54) is 5.56 Å². The number of ether oxygens (including phenoxy) is 4.